The third-order valence-electron chi connectivity index (χ3n) is 2.70. The summed E-state index contributed by atoms with van der Waals surface area (Å²) < 4.78 is 13.7. The summed E-state index contributed by atoms with van der Waals surface area (Å²) in [6, 6.07) is 10.0. The Morgan fingerprint density at radius 3 is 2.57 bits per heavy atom. The van der Waals surface area contributed by atoms with E-state index >= 15 is 0 Å². The smallest absolute Gasteiger partial charge is 0.270 e. The summed E-state index contributed by atoms with van der Waals surface area (Å²) in [5.41, 5.74) is -0.0496. The van der Waals surface area contributed by atoms with E-state index in [-0.39, 0.29) is 11.3 Å². The Bertz CT molecular complexity index is 706. The lowest BCUT2D eigenvalue weighted by atomic mass is 10.2. The van der Waals surface area contributed by atoms with Crippen molar-refractivity contribution < 1.29 is 14.1 Å². The Kier molecular flexibility index (Phi) is 4.54. The number of non-ortho nitro benzene ring substituents is 1. The number of carbonyl (C=O) groups excluding carboxylic acids is 1. The van der Waals surface area contributed by atoms with Gasteiger partial charge in [0.15, 0.2) is 0 Å². The number of halogens is 1. The van der Waals surface area contributed by atoms with Crippen molar-refractivity contribution in [3.63, 3.8) is 0 Å². The first-order chi connectivity index (χ1) is 10.0. The molecule has 21 heavy (non-hydrogen) atoms. The normalized spacial score (nSPS) is 10.2. The maximum atomic E-state index is 13.7. The molecule has 0 aliphatic rings. The van der Waals surface area contributed by atoms with Crippen molar-refractivity contribution in [3.8, 4) is 0 Å². The van der Waals surface area contributed by atoms with Crippen LogP contribution in [0.1, 0.15) is 10.4 Å². The molecule has 0 saturated carbocycles. The molecule has 0 spiro atoms. The molecular formula is C14H11FN2O3S. The summed E-state index contributed by atoms with van der Waals surface area (Å²) in [6.07, 6.45) is 0. The third-order valence-corrected chi connectivity index (χ3v) is 3.83. The minimum atomic E-state index is -0.579. The molecular weight excluding hydrogens is 295 g/mol. The number of benzene rings is 2. The quantitative estimate of drug-likeness (QED) is 0.695. The van der Waals surface area contributed by atoms with Gasteiger partial charge in [-0.3, -0.25) is 14.9 Å². The fraction of sp³-hybridized carbons (Fsp3) is 0.0714. The monoisotopic (exact) mass is 306 g/mol. The fourth-order valence-corrected chi connectivity index (χ4v) is 2.63. The highest BCUT2D eigenvalue weighted by Gasteiger charge is 2.17. The molecule has 2 aromatic carbocycles. The summed E-state index contributed by atoms with van der Waals surface area (Å²) in [5, 5.41) is 13.2. The third kappa shape index (κ3) is 3.38. The summed E-state index contributed by atoms with van der Waals surface area (Å²) in [7, 11) is 1.43. The van der Waals surface area contributed by atoms with Crippen LogP contribution in [0.15, 0.2) is 52.3 Å². The Balaban J connectivity index is 2.45. The molecule has 2 rings (SSSR count). The Labute approximate surface area is 124 Å². The number of nitro benzene ring substituents is 1. The van der Waals surface area contributed by atoms with Gasteiger partial charge in [0.2, 0.25) is 0 Å². The van der Waals surface area contributed by atoms with Crippen LogP contribution >= 0.6 is 11.8 Å². The number of hydrogen-bond acceptors (Lipinski definition) is 4. The second-order valence-electron chi connectivity index (χ2n) is 4.05. The predicted molar refractivity (Wildman–Crippen MR) is 77.0 cm³/mol. The lowest BCUT2D eigenvalue weighted by Gasteiger charge is -2.08. The van der Waals surface area contributed by atoms with E-state index in [1.54, 1.807) is 18.2 Å². The van der Waals surface area contributed by atoms with Crippen molar-refractivity contribution in [2.24, 2.45) is 0 Å². The van der Waals surface area contributed by atoms with Gasteiger partial charge in [-0.2, -0.15) is 0 Å². The number of nitrogens with one attached hydrogen (secondary N) is 1. The van der Waals surface area contributed by atoms with E-state index in [1.807, 2.05) is 0 Å². The molecule has 0 aliphatic heterocycles. The van der Waals surface area contributed by atoms with Crippen LogP contribution in [0.5, 0.6) is 0 Å². The van der Waals surface area contributed by atoms with Gasteiger partial charge in [-0.05, 0) is 18.2 Å². The second kappa shape index (κ2) is 6.36. The Morgan fingerprint density at radius 1 is 1.24 bits per heavy atom. The summed E-state index contributed by atoms with van der Waals surface area (Å²) in [4.78, 5) is 22.9. The lowest BCUT2D eigenvalue weighted by molar-refractivity contribution is -0.384. The highest BCUT2D eigenvalue weighted by atomic mass is 32.2. The van der Waals surface area contributed by atoms with E-state index in [1.165, 1.54) is 31.3 Å². The van der Waals surface area contributed by atoms with Crippen LogP contribution < -0.4 is 5.32 Å². The topological polar surface area (TPSA) is 72.2 Å². The molecule has 5 nitrogen and oxygen atoms in total. The zero-order valence-corrected chi connectivity index (χ0v) is 11.8. The molecule has 7 heteroatoms. The predicted octanol–water partition coefficient (Wildman–Crippen LogP) is 3.24. The van der Waals surface area contributed by atoms with Gasteiger partial charge in [0.05, 0.1) is 10.5 Å². The van der Waals surface area contributed by atoms with Crippen LogP contribution in [0, 0.1) is 15.9 Å². The zero-order chi connectivity index (χ0) is 15.4. The van der Waals surface area contributed by atoms with Gasteiger partial charge in [0.25, 0.3) is 11.6 Å². The molecule has 1 amide bonds. The van der Waals surface area contributed by atoms with Crippen molar-refractivity contribution in [2.45, 2.75) is 9.79 Å². The van der Waals surface area contributed by atoms with Crippen molar-refractivity contribution in [3.05, 3.63) is 64.0 Å². The van der Waals surface area contributed by atoms with Gasteiger partial charge in [0, 0.05) is 29.0 Å². The summed E-state index contributed by atoms with van der Waals surface area (Å²) in [5.74, 6) is -0.874. The van der Waals surface area contributed by atoms with E-state index in [4.69, 9.17) is 0 Å². The van der Waals surface area contributed by atoms with Gasteiger partial charge in [-0.1, -0.05) is 23.9 Å². The molecule has 0 aromatic heterocycles. The molecule has 0 unspecified atom stereocenters. The van der Waals surface area contributed by atoms with Crippen molar-refractivity contribution in [1.82, 2.24) is 5.32 Å². The van der Waals surface area contributed by atoms with Crippen LogP contribution in [-0.2, 0) is 0 Å². The number of nitrogens with zero attached hydrogens (tertiary/aromatic N) is 1. The van der Waals surface area contributed by atoms with E-state index in [9.17, 15) is 19.3 Å². The number of carbonyl (C=O) groups is 1. The van der Waals surface area contributed by atoms with Gasteiger partial charge in [-0.15, -0.1) is 0 Å². The highest BCUT2D eigenvalue weighted by Crippen LogP contribution is 2.33. The fourth-order valence-electron chi connectivity index (χ4n) is 1.68. The Morgan fingerprint density at radius 2 is 1.95 bits per heavy atom. The average Bonchev–Trinajstić information content (AvgIpc) is 2.49. The molecule has 0 atom stereocenters. The van der Waals surface area contributed by atoms with Crippen LogP contribution in [-0.4, -0.2) is 17.9 Å². The lowest BCUT2D eigenvalue weighted by Crippen LogP contribution is -2.18. The van der Waals surface area contributed by atoms with Crippen LogP contribution in [0.2, 0.25) is 0 Å². The van der Waals surface area contributed by atoms with Gasteiger partial charge in [-0.25, -0.2) is 4.39 Å². The van der Waals surface area contributed by atoms with Gasteiger partial charge < -0.3 is 5.32 Å². The average molecular weight is 306 g/mol. The molecule has 0 radical (unpaired) electrons. The maximum absolute atomic E-state index is 13.7. The van der Waals surface area contributed by atoms with E-state index in [0.29, 0.717) is 9.79 Å². The van der Waals surface area contributed by atoms with E-state index in [2.05, 4.69) is 5.32 Å². The number of nitro groups is 1. The Hall–Kier alpha value is -2.41. The number of amides is 1. The molecule has 0 fully saturated rings. The van der Waals surface area contributed by atoms with Crippen molar-refractivity contribution in [1.29, 1.82) is 0 Å². The van der Waals surface area contributed by atoms with E-state index < -0.39 is 16.6 Å². The molecule has 1 N–H and O–H groups in total. The SMILES string of the molecule is CNC(=O)c1cc([N+](=O)[O-])ccc1Sc1ccccc1F. The number of hydrogen-bond donors (Lipinski definition) is 1. The number of rotatable bonds is 4. The molecule has 2 aromatic rings. The van der Waals surface area contributed by atoms with Crippen LogP contribution in [0.3, 0.4) is 0 Å². The molecule has 108 valence electrons. The van der Waals surface area contributed by atoms with Gasteiger partial charge >= 0.3 is 0 Å². The minimum Gasteiger partial charge on any atom is -0.355 e. The highest BCUT2D eigenvalue weighted by molar-refractivity contribution is 7.99. The van der Waals surface area contributed by atoms with Crippen LogP contribution in [0.25, 0.3) is 0 Å². The largest absolute Gasteiger partial charge is 0.355 e. The van der Waals surface area contributed by atoms with Crippen molar-refractivity contribution >= 4 is 23.4 Å². The molecule has 0 bridgehead atoms. The van der Waals surface area contributed by atoms with Crippen molar-refractivity contribution in [2.75, 3.05) is 7.05 Å². The second-order valence-corrected chi connectivity index (χ2v) is 5.13. The standard InChI is InChI=1S/C14H11FN2O3S/c1-16-14(18)10-8-9(17(19)20)6-7-12(10)21-13-5-3-2-4-11(13)15/h2-8H,1H3,(H,16,18). The molecule has 0 aliphatic carbocycles. The minimum absolute atomic E-state index is 0.139. The first-order valence-electron chi connectivity index (χ1n) is 5.96. The van der Waals surface area contributed by atoms with Gasteiger partial charge in [0.1, 0.15) is 5.82 Å². The first-order valence-corrected chi connectivity index (χ1v) is 6.77. The van der Waals surface area contributed by atoms with Crippen LogP contribution in [0.4, 0.5) is 10.1 Å². The van der Waals surface area contributed by atoms with E-state index in [0.717, 1.165) is 11.8 Å². The summed E-state index contributed by atoms with van der Waals surface area (Å²) >= 11 is 1.05. The summed E-state index contributed by atoms with van der Waals surface area (Å²) in [6.45, 7) is 0. The zero-order valence-electron chi connectivity index (χ0n) is 11.0. The molecule has 0 saturated heterocycles. The first kappa shape index (κ1) is 15.0. The maximum Gasteiger partial charge on any atom is 0.270 e. The molecule has 0 heterocycles.